The molecule has 0 aliphatic heterocycles. The summed E-state index contributed by atoms with van der Waals surface area (Å²) in [6.45, 7) is 0. The zero-order valence-corrected chi connectivity index (χ0v) is 13.3. The Kier molecular flexibility index (Phi) is 4.50. The average molecular weight is 366 g/mol. The average Bonchev–Trinajstić information content (AvgIpc) is 2.43. The van der Waals surface area contributed by atoms with E-state index in [0.29, 0.717) is 11.4 Å². The van der Waals surface area contributed by atoms with E-state index in [9.17, 15) is 8.42 Å². The van der Waals surface area contributed by atoms with Crippen LogP contribution >= 0.6 is 15.9 Å². The molecule has 0 radical (unpaired) electrons. The Hall–Kier alpha value is -2.04. The van der Waals surface area contributed by atoms with Gasteiger partial charge in [-0.1, -0.05) is 28.1 Å². The first-order chi connectivity index (χ1) is 9.92. The molecule has 108 valence electrons. The molecular formula is C14H12BrN3O2S. The Morgan fingerprint density at radius 1 is 1.19 bits per heavy atom. The van der Waals surface area contributed by atoms with Gasteiger partial charge in [-0.3, -0.25) is 4.72 Å². The third kappa shape index (κ3) is 3.74. The van der Waals surface area contributed by atoms with Crippen molar-refractivity contribution in [1.29, 1.82) is 5.26 Å². The lowest BCUT2D eigenvalue weighted by atomic mass is 10.2. The minimum Gasteiger partial charge on any atom is -0.397 e. The zero-order chi connectivity index (χ0) is 15.5. The number of halogens is 1. The van der Waals surface area contributed by atoms with Gasteiger partial charge in [-0.15, -0.1) is 0 Å². The Labute approximate surface area is 131 Å². The summed E-state index contributed by atoms with van der Waals surface area (Å²) in [6.07, 6.45) is 0.243. The van der Waals surface area contributed by atoms with Crippen molar-refractivity contribution in [3.05, 3.63) is 52.5 Å². The maximum Gasteiger partial charge on any atom is 0.261 e. The van der Waals surface area contributed by atoms with Crippen molar-refractivity contribution < 1.29 is 8.42 Å². The lowest BCUT2D eigenvalue weighted by Gasteiger charge is -2.11. The van der Waals surface area contributed by atoms with Crippen molar-refractivity contribution in [2.45, 2.75) is 11.3 Å². The molecule has 0 amide bonds. The number of sulfonamides is 1. The van der Waals surface area contributed by atoms with Crippen LogP contribution in [0.4, 0.5) is 11.4 Å². The summed E-state index contributed by atoms with van der Waals surface area (Å²) in [6, 6.07) is 13.1. The molecule has 0 saturated carbocycles. The highest BCUT2D eigenvalue weighted by atomic mass is 79.9. The molecule has 5 nitrogen and oxygen atoms in total. The minimum absolute atomic E-state index is 0.117. The highest BCUT2D eigenvalue weighted by Crippen LogP contribution is 2.25. The Morgan fingerprint density at radius 2 is 1.86 bits per heavy atom. The maximum atomic E-state index is 12.3. The van der Waals surface area contributed by atoms with Crippen LogP contribution in [0.1, 0.15) is 5.56 Å². The van der Waals surface area contributed by atoms with E-state index in [4.69, 9.17) is 11.0 Å². The largest absolute Gasteiger partial charge is 0.397 e. The van der Waals surface area contributed by atoms with Crippen molar-refractivity contribution in [3.8, 4) is 6.07 Å². The van der Waals surface area contributed by atoms with E-state index in [-0.39, 0.29) is 11.3 Å². The molecule has 0 aromatic heterocycles. The van der Waals surface area contributed by atoms with Crippen LogP contribution in [-0.4, -0.2) is 8.42 Å². The Morgan fingerprint density at radius 3 is 2.43 bits per heavy atom. The van der Waals surface area contributed by atoms with Crippen LogP contribution in [0.5, 0.6) is 0 Å². The summed E-state index contributed by atoms with van der Waals surface area (Å²) in [5.41, 5.74) is 7.19. The highest BCUT2D eigenvalue weighted by molar-refractivity contribution is 9.10. The van der Waals surface area contributed by atoms with E-state index in [2.05, 4.69) is 20.7 Å². The van der Waals surface area contributed by atoms with E-state index in [1.807, 2.05) is 6.07 Å². The van der Waals surface area contributed by atoms with Crippen LogP contribution in [0.2, 0.25) is 0 Å². The Balaban J connectivity index is 2.27. The second-order valence-corrected chi connectivity index (χ2v) is 6.91. The molecule has 0 heterocycles. The van der Waals surface area contributed by atoms with Crippen LogP contribution in [0.3, 0.4) is 0 Å². The van der Waals surface area contributed by atoms with Gasteiger partial charge < -0.3 is 5.73 Å². The number of nitrogen functional groups attached to an aromatic ring is 1. The van der Waals surface area contributed by atoms with Gasteiger partial charge in [0.05, 0.1) is 28.8 Å². The van der Waals surface area contributed by atoms with Gasteiger partial charge in [0.25, 0.3) is 10.0 Å². The van der Waals surface area contributed by atoms with Crippen LogP contribution in [0.25, 0.3) is 0 Å². The second kappa shape index (κ2) is 6.16. The molecule has 2 aromatic carbocycles. The van der Waals surface area contributed by atoms with Crippen LogP contribution < -0.4 is 10.5 Å². The lowest BCUT2D eigenvalue weighted by Crippen LogP contribution is -2.14. The van der Waals surface area contributed by atoms with E-state index in [1.165, 1.54) is 12.1 Å². The molecule has 0 spiro atoms. The standard InChI is InChI=1S/C14H12BrN3O2S/c15-11-3-6-14(13(17)9-11)18-21(19,20)12-4-1-10(2-5-12)7-8-16/h1-6,9,18H,7,17H2. The van der Waals surface area contributed by atoms with Gasteiger partial charge in [-0.05, 0) is 35.9 Å². The summed E-state index contributed by atoms with van der Waals surface area (Å²) < 4.78 is 27.7. The zero-order valence-electron chi connectivity index (χ0n) is 10.9. The van der Waals surface area contributed by atoms with E-state index >= 15 is 0 Å². The monoisotopic (exact) mass is 365 g/mol. The van der Waals surface area contributed by atoms with Crippen molar-refractivity contribution in [2.75, 3.05) is 10.5 Å². The molecule has 0 saturated heterocycles. The molecule has 7 heteroatoms. The summed E-state index contributed by atoms with van der Waals surface area (Å²) >= 11 is 3.26. The second-order valence-electron chi connectivity index (χ2n) is 4.32. The third-order valence-corrected chi connectivity index (χ3v) is 4.65. The van der Waals surface area contributed by atoms with Crippen LogP contribution in [0.15, 0.2) is 51.8 Å². The molecule has 0 aliphatic rings. The number of nitrogens with zero attached hydrogens (tertiary/aromatic N) is 1. The van der Waals surface area contributed by atoms with E-state index in [1.54, 1.807) is 30.3 Å². The normalized spacial score (nSPS) is 10.9. The molecule has 2 aromatic rings. The van der Waals surface area contributed by atoms with Gasteiger partial charge >= 0.3 is 0 Å². The molecule has 0 unspecified atom stereocenters. The summed E-state index contributed by atoms with van der Waals surface area (Å²) in [4.78, 5) is 0.117. The number of nitrogens with one attached hydrogen (secondary N) is 1. The van der Waals surface area contributed by atoms with E-state index in [0.717, 1.165) is 10.0 Å². The molecule has 0 aliphatic carbocycles. The number of hydrogen-bond donors (Lipinski definition) is 2. The van der Waals surface area contributed by atoms with Gasteiger partial charge in [-0.25, -0.2) is 8.42 Å². The smallest absolute Gasteiger partial charge is 0.261 e. The van der Waals surface area contributed by atoms with Crippen molar-refractivity contribution in [2.24, 2.45) is 0 Å². The first-order valence-electron chi connectivity index (χ1n) is 5.96. The summed E-state index contributed by atoms with van der Waals surface area (Å²) in [5.74, 6) is 0. The maximum absolute atomic E-state index is 12.3. The molecular weight excluding hydrogens is 354 g/mol. The minimum atomic E-state index is -3.71. The first kappa shape index (κ1) is 15.4. The van der Waals surface area contributed by atoms with Crippen molar-refractivity contribution in [3.63, 3.8) is 0 Å². The number of nitriles is 1. The van der Waals surface area contributed by atoms with Gasteiger partial charge in [0.1, 0.15) is 0 Å². The molecule has 0 fully saturated rings. The quantitative estimate of drug-likeness (QED) is 0.814. The highest BCUT2D eigenvalue weighted by Gasteiger charge is 2.15. The fraction of sp³-hybridized carbons (Fsp3) is 0.0714. The number of nitrogens with two attached hydrogens (primary N) is 1. The van der Waals surface area contributed by atoms with Gasteiger partial charge in [0, 0.05) is 4.47 Å². The SMILES string of the molecule is N#CCc1ccc(S(=O)(=O)Nc2ccc(Br)cc2N)cc1. The number of benzene rings is 2. The van der Waals surface area contributed by atoms with E-state index < -0.39 is 10.0 Å². The molecule has 2 rings (SSSR count). The number of hydrogen-bond acceptors (Lipinski definition) is 4. The van der Waals surface area contributed by atoms with Gasteiger partial charge in [-0.2, -0.15) is 5.26 Å². The lowest BCUT2D eigenvalue weighted by molar-refractivity contribution is 0.601. The summed E-state index contributed by atoms with van der Waals surface area (Å²) in [5, 5.41) is 8.60. The topological polar surface area (TPSA) is 96.0 Å². The van der Waals surface area contributed by atoms with Crippen LogP contribution in [-0.2, 0) is 16.4 Å². The van der Waals surface area contributed by atoms with Crippen molar-refractivity contribution >= 4 is 37.3 Å². The predicted octanol–water partition coefficient (Wildman–Crippen LogP) is 2.90. The number of rotatable bonds is 4. The summed E-state index contributed by atoms with van der Waals surface area (Å²) in [7, 11) is -3.71. The molecule has 21 heavy (non-hydrogen) atoms. The van der Waals surface area contributed by atoms with Crippen LogP contribution in [0, 0.1) is 11.3 Å². The van der Waals surface area contributed by atoms with Gasteiger partial charge in [0.2, 0.25) is 0 Å². The van der Waals surface area contributed by atoms with Crippen molar-refractivity contribution in [1.82, 2.24) is 0 Å². The predicted molar refractivity (Wildman–Crippen MR) is 85.1 cm³/mol. The fourth-order valence-electron chi connectivity index (χ4n) is 1.71. The number of anilines is 2. The molecule has 0 atom stereocenters. The Bertz CT molecular complexity index is 796. The van der Waals surface area contributed by atoms with Gasteiger partial charge in [0.15, 0.2) is 0 Å². The first-order valence-corrected chi connectivity index (χ1v) is 8.24. The molecule has 0 bridgehead atoms. The molecule has 3 N–H and O–H groups in total. The third-order valence-electron chi connectivity index (χ3n) is 2.77. The fourth-order valence-corrected chi connectivity index (χ4v) is 3.17.